The van der Waals surface area contributed by atoms with Crippen LogP contribution in [0.2, 0.25) is 5.15 Å². The molecule has 1 unspecified atom stereocenters. The van der Waals surface area contributed by atoms with Crippen LogP contribution in [0.25, 0.3) is 0 Å². The van der Waals surface area contributed by atoms with Crippen molar-refractivity contribution < 1.29 is 4.79 Å². The minimum Gasteiger partial charge on any atom is -0.345 e. The monoisotopic (exact) mass is 366 g/mol. The van der Waals surface area contributed by atoms with E-state index in [2.05, 4.69) is 44.4 Å². The van der Waals surface area contributed by atoms with Gasteiger partial charge in [-0.2, -0.15) is 0 Å². The molecule has 1 aromatic carbocycles. The molecular weight excluding hydrogens is 352 g/mol. The summed E-state index contributed by atoms with van der Waals surface area (Å²) < 4.78 is 0.719. The van der Waals surface area contributed by atoms with E-state index in [1.54, 1.807) is 12.3 Å². The van der Waals surface area contributed by atoms with Crippen molar-refractivity contribution in [1.82, 2.24) is 10.3 Å². The molecule has 0 bridgehead atoms. The van der Waals surface area contributed by atoms with E-state index in [9.17, 15) is 4.79 Å². The highest BCUT2D eigenvalue weighted by Gasteiger charge is 2.16. The molecule has 0 saturated carbocycles. The lowest BCUT2D eigenvalue weighted by atomic mass is 10.00. The topological polar surface area (TPSA) is 42.0 Å². The van der Waals surface area contributed by atoms with Gasteiger partial charge < -0.3 is 5.32 Å². The summed E-state index contributed by atoms with van der Waals surface area (Å²) in [7, 11) is 0. The van der Waals surface area contributed by atoms with E-state index in [0.717, 1.165) is 15.6 Å². The number of carbonyl (C=O) groups is 1. The maximum Gasteiger partial charge on any atom is 0.254 e. The van der Waals surface area contributed by atoms with E-state index in [1.165, 1.54) is 5.56 Å². The van der Waals surface area contributed by atoms with Crippen molar-refractivity contribution in [3.05, 3.63) is 62.3 Å². The second-order valence-corrected chi connectivity index (χ2v) is 6.32. The van der Waals surface area contributed by atoms with Gasteiger partial charge in [0.2, 0.25) is 0 Å². The number of pyridine rings is 1. The van der Waals surface area contributed by atoms with Crippen LogP contribution in [-0.4, -0.2) is 10.9 Å². The zero-order valence-electron chi connectivity index (χ0n) is 12.1. The number of hydrogen-bond acceptors (Lipinski definition) is 2. The van der Waals surface area contributed by atoms with E-state index in [4.69, 9.17) is 11.6 Å². The van der Waals surface area contributed by atoms with Crippen LogP contribution < -0.4 is 5.32 Å². The molecular formula is C16H16BrClN2O. The number of aromatic nitrogens is 1. The van der Waals surface area contributed by atoms with Gasteiger partial charge in [-0.3, -0.25) is 4.79 Å². The van der Waals surface area contributed by atoms with E-state index >= 15 is 0 Å². The van der Waals surface area contributed by atoms with Crippen molar-refractivity contribution in [3.63, 3.8) is 0 Å². The average molecular weight is 368 g/mol. The standard InChI is InChI=1S/C16H16BrClN2O/c1-9-4-5-10(2)13(6-9)11(3)20-16(21)14-7-12(17)8-19-15(14)18/h4-8,11H,1-3H3,(H,20,21). The number of aryl methyl sites for hydroxylation is 2. The van der Waals surface area contributed by atoms with Gasteiger partial charge in [0.1, 0.15) is 5.15 Å². The Bertz CT molecular complexity index is 688. The van der Waals surface area contributed by atoms with Crippen molar-refractivity contribution in [3.8, 4) is 0 Å². The maximum atomic E-state index is 12.3. The average Bonchev–Trinajstić information content (AvgIpc) is 2.43. The fourth-order valence-corrected chi connectivity index (χ4v) is 2.68. The molecule has 0 saturated heterocycles. The molecule has 5 heteroatoms. The number of nitrogens with one attached hydrogen (secondary N) is 1. The SMILES string of the molecule is Cc1ccc(C)c(C(C)NC(=O)c2cc(Br)cnc2Cl)c1. The summed E-state index contributed by atoms with van der Waals surface area (Å²) >= 11 is 9.28. The molecule has 0 fully saturated rings. The predicted molar refractivity (Wildman–Crippen MR) is 88.7 cm³/mol. The first kappa shape index (κ1) is 16.0. The minimum atomic E-state index is -0.234. The lowest BCUT2D eigenvalue weighted by molar-refractivity contribution is 0.0939. The van der Waals surface area contributed by atoms with Gasteiger partial charge in [0.15, 0.2) is 0 Å². The molecule has 110 valence electrons. The smallest absolute Gasteiger partial charge is 0.254 e. The van der Waals surface area contributed by atoms with Crippen molar-refractivity contribution >= 4 is 33.4 Å². The highest BCUT2D eigenvalue weighted by molar-refractivity contribution is 9.10. The third-order valence-electron chi connectivity index (χ3n) is 3.30. The van der Waals surface area contributed by atoms with Gasteiger partial charge >= 0.3 is 0 Å². The summed E-state index contributed by atoms with van der Waals surface area (Å²) in [6, 6.07) is 7.76. The van der Waals surface area contributed by atoms with Crippen LogP contribution in [-0.2, 0) is 0 Å². The third-order valence-corrected chi connectivity index (χ3v) is 4.03. The summed E-state index contributed by atoms with van der Waals surface area (Å²) in [5.41, 5.74) is 3.77. The lowest BCUT2D eigenvalue weighted by Crippen LogP contribution is -2.27. The molecule has 1 N–H and O–H groups in total. The number of nitrogens with zero attached hydrogens (tertiary/aromatic N) is 1. The molecule has 1 aromatic heterocycles. The highest BCUT2D eigenvalue weighted by Crippen LogP contribution is 2.22. The molecule has 21 heavy (non-hydrogen) atoms. The zero-order chi connectivity index (χ0) is 15.6. The Balaban J connectivity index is 2.23. The normalized spacial score (nSPS) is 12.0. The van der Waals surface area contributed by atoms with Gasteiger partial charge in [-0.1, -0.05) is 35.4 Å². The molecule has 3 nitrogen and oxygen atoms in total. The first-order valence-corrected chi connectivity index (χ1v) is 7.74. The molecule has 0 spiro atoms. The third kappa shape index (κ3) is 3.83. The van der Waals surface area contributed by atoms with Crippen LogP contribution in [0.15, 0.2) is 34.9 Å². The summed E-state index contributed by atoms with van der Waals surface area (Å²) in [5, 5.41) is 3.16. The fraction of sp³-hybridized carbons (Fsp3) is 0.250. The molecule has 0 aliphatic heterocycles. The maximum absolute atomic E-state index is 12.3. The van der Waals surface area contributed by atoms with Crippen LogP contribution >= 0.6 is 27.5 Å². The van der Waals surface area contributed by atoms with Crippen LogP contribution in [0, 0.1) is 13.8 Å². The quantitative estimate of drug-likeness (QED) is 0.805. The number of amides is 1. The number of carbonyl (C=O) groups excluding carboxylic acids is 1. The van der Waals surface area contributed by atoms with Crippen LogP contribution in [0.4, 0.5) is 0 Å². The highest BCUT2D eigenvalue weighted by atomic mass is 79.9. The Morgan fingerprint density at radius 1 is 1.33 bits per heavy atom. The Labute approximate surface area is 137 Å². The molecule has 1 heterocycles. The molecule has 0 aliphatic carbocycles. The molecule has 1 amide bonds. The first-order chi connectivity index (χ1) is 9.88. The fourth-order valence-electron chi connectivity index (χ4n) is 2.16. The van der Waals surface area contributed by atoms with Crippen LogP contribution in [0.1, 0.15) is 40.0 Å². The number of halogens is 2. The van der Waals surface area contributed by atoms with Crippen molar-refractivity contribution in [1.29, 1.82) is 0 Å². The lowest BCUT2D eigenvalue weighted by Gasteiger charge is -2.17. The number of rotatable bonds is 3. The van der Waals surface area contributed by atoms with E-state index in [1.807, 2.05) is 20.8 Å². The van der Waals surface area contributed by atoms with Gasteiger partial charge in [0, 0.05) is 10.7 Å². The van der Waals surface area contributed by atoms with E-state index in [-0.39, 0.29) is 17.1 Å². The number of hydrogen-bond donors (Lipinski definition) is 1. The Hall–Kier alpha value is -1.39. The first-order valence-electron chi connectivity index (χ1n) is 6.57. The van der Waals surface area contributed by atoms with Crippen molar-refractivity contribution in [2.75, 3.05) is 0 Å². The summed E-state index contributed by atoms with van der Waals surface area (Å²) in [5.74, 6) is -0.234. The van der Waals surface area contributed by atoms with Crippen molar-refractivity contribution in [2.45, 2.75) is 26.8 Å². The second kappa shape index (κ2) is 6.58. The molecule has 1 atom stereocenters. The Kier molecular flexibility index (Phi) is 5.01. The molecule has 2 aromatic rings. The summed E-state index contributed by atoms with van der Waals surface area (Å²) in [4.78, 5) is 16.3. The van der Waals surface area contributed by atoms with Crippen LogP contribution in [0.3, 0.4) is 0 Å². The van der Waals surface area contributed by atoms with E-state index < -0.39 is 0 Å². The van der Waals surface area contributed by atoms with Gasteiger partial charge in [-0.25, -0.2) is 4.98 Å². The molecule has 0 radical (unpaired) electrons. The Morgan fingerprint density at radius 2 is 2.05 bits per heavy atom. The molecule has 0 aliphatic rings. The van der Waals surface area contributed by atoms with Gasteiger partial charge in [0.25, 0.3) is 5.91 Å². The minimum absolute atomic E-state index is 0.104. The van der Waals surface area contributed by atoms with Gasteiger partial charge in [0.05, 0.1) is 11.6 Å². The number of benzene rings is 1. The summed E-state index contributed by atoms with van der Waals surface area (Å²) in [6.07, 6.45) is 1.56. The van der Waals surface area contributed by atoms with E-state index in [0.29, 0.717) is 5.56 Å². The van der Waals surface area contributed by atoms with Crippen LogP contribution in [0.5, 0.6) is 0 Å². The molecule has 2 rings (SSSR count). The predicted octanol–water partition coefficient (Wildman–Crippen LogP) is 4.61. The summed E-state index contributed by atoms with van der Waals surface area (Å²) in [6.45, 7) is 6.02. The largest absolute Gasteiger partial charge is 0.345 e. The van der Waals surface area contributed by atoms with Gasteiger partial charge in [-0.05, 0) is 53.9 Å². The van der Waals surface area contributed by atoms with Gasteiger partial charge in [-0.15, -0.1) is 0 Å². The van der Waals surface area contributed by atoms with Crippen molar-refractivity contribution in [2.24, 2.45) is 0 Å². The zero-order valence-corrected chi connectivity index (χ0v) is 14.4. The Morgan fingerprint density at radius 3 is 2.76 bits per heavy atom. The second-order valence-electron chi connectivity index (χ2n) is 5.05.